The molecule has 4 rings (SSSR count). The predicted molar refractivity (Wildman–Crippen MR) is 129 cm³/mol. The summed E-state index contributed by atoms with van der Waals surface area (Å²) < 4.78 is 10.7. The Kier molecular flexibility index (Phi) is 6.47. The number of benzene rings is 3. The van der Waals surface area contributed by atoms with Gasteiger partial charge in [0.15, 0.2) is 0 Å². The van der Waals surface area contributed by atoms with Crippen LogP contribution in [0.5, 0.6) is 17.2 Å². The average molecular weight is 480 g/mol. The van der Waals surface area contributed by atoms with E-state index in [9.17, 15) is 19.8 Å². The van der Waals surface area contributed by atoms with Crippen LogP contribution >= 0.6 is 11.6 Å². The second kappa shape index (κ2) is 9.49. The number of hydrogen-bond donors (Lipinski definition) is 2. The van der Waals surface area contributed by atoms with E-state index in [1.54, 1.807) is 55.5 Å². The fraction of sp³-hybridized carbons (Fsp3) is 0.154. The molecular formula is C26H22ClNO6. The van der Waals surface area contributed by atoms with E-state index in [4.69, 9.17) is 21.1 Å². The number of aliphatic hydroxyl groups is 1. The maximum Gasteiger partial charge on any atom is 0.300 e. The van der Waals surface area contributed by atoms with E-state index in [0.717, 1.165) is 0 Å². The standard InChI is InChI=1S/C26H22ClNO6/c1-3-34-21-14-16(10-13-18(21)27)24(30)22-23(15-8-11-17(33-2)12-9-15)28(26(32)25(22)31)19-6-4-5-7-20(19)29/h4-14,23,29-30H,3H2,1-2H3/b24-22-. The fourth-order valence-electron chi connectivity index (χ4n) is 3.92. The van der Waals surface area contributed by atoms with Gasteiger partial charge in [0, 0.05) is 5.56 Å². The van der Waals surface area contributed by atoms with Gasteiger partial charge < -0.3 is 19.7 Å². The molecule has 8 heteroatoms. The molecule has 0 aromatic heterocycles. The average Bonchev–Trinajstić information content (AvgIpc) is 3.11. The number of aliphatic hydroxyl groups excluding tert-OH is 1. The first-order valence-corrected chi connectivity index (χ1v) is 10.9. The highest BCUT2D eigenvalue weighted by atomic mass is 35.5. The Balaban J connectivity index is 1.94. The number of methoxy groups -OCH3 is 1. The van der Waals surface area contributed by atoms with Crippen LogP contribution < -0.4 is 14.4 Å². The van der Waals surface area contributed by atoms with Crippen molar-refractivity contribution in [3.63, 3.8) is 0 Å². The number of carbonyl (C=O) groups is 2. The third kappa shape index (κ3) is 4.06. The van der Waals surface area contributed by atoms with Crippen LogP contribution in [0.3, 0.4) is 0 Å². The molecule has 3 aromatic carbocycles. The van der Waals surface area contributed by atoms with Gasteiger partial charge in [-0.15, -0.1) is 0 Å². The van der Waals surface area contributed by atoms with Crippen LogP contribution in [0.1, 0.15) is 24.1 Å². The van der Waals surface area contributed by atoms with E-state index in [2.05, 4.69) is 0 Å². The molecule has 1 amide bonds. The van der Waals surface area contributed by atoms with Crippen molar-refractivity contribution in [2.24, 2.45) is 0 Å². The Labute approximate surface area is 201 Å². The summed E-state index contributed by atoms with van der Waals surface area (Å²) in [6, 6.07) is 16.6. The summed E-state index contributed by atoms with van der Waals surface area (Å²) in [5, 5.41) is 22.1. The van der Waals surface area contributed by atoms with Crippen molar-refractivity contribution in [2.75, 3.05) is 18.6 Å². The van der Waals surface area contributed by atoms with Crippen molar-refractivity contribution in [1.82, 2.24) is 0 Å². The fourth-order valence-corrected chi connectivity index (χ4v) is 4.09. The molecule has 0 spiro atoms. The van der Waals surface area contributed by atoms with Crippen molar-refractivity contribution in [3.8, 4) is 17.2 Å². The molecule has 1 heterocycles. The Hall–Kier alpha value is -3.97. The summed E-state index contributed by atoms with van der Waals surface area (Å²) in [5.74, 6) is -1.38. The van der Waals surface area contributed by atoms with E-state index >= 15 is 0 Å². The number of amides is 1. The van der Waals surface area contributed by atoms with Gasteiger partial charge in [0.25, 0.3) is 11.7 Å². The van der Waals surface area contributed by atoms with Crippen LogP contribution in [0.2, 0.25) is 5.02 Å². The zero-order valence-corrected chi connectivity index (χ0v) is 19.2. The molecule has 1 aliphatic heterocycles. The summed E-state index contributed by atoms with van der Waals surface area (Å²) in [6.07, 6.45) is 0. The largest absolute Gasteiger partial charge is 0.507 e. The Bertz CT molecular complexity index is 1280. The highest BCUT2D eigenvalue weighted by Crippen LogP contribution is 2.45. The third-order valence-corrected chi connectivity index (χ3v) is 5.83. The molecule has 0 aliphatic carbocycles. The maximum atomic E-state index is 13.2. The van der Waals surface area contributed by atoms with E-state index in [1.807, 2.05) is 0 Å². The summed E-state index contributed by atoms with van der Waals surface area (Å²) in [5.41, 5.74) is 0.837. The van der Waals surface area contributed by atoms with Gasteiger partial charge in [0.2, 0.25) is 0 Å². The Morgan fingerprint density at radius 1 is 1.06 bits per heavy atom. The van der Waals surface area contributed by atoms with Crippen molar-refractivity contribution < 1.29 is 29.3 Å². The third-order valence-electron chi connectivity index (χ3n) is 5.52. The molecule has 2 N–H and O–H groups in total. The zero-order chi connectivity index (χ0) is 24.4. The van der Waals surface area contributed by atoms with Gasteiger partial charge in [-0.1, -0.05) is 35.9 Å². The number of hydrogen-bond acceptors (Lipinski definition) is 6. The lowest BCUT2D eigenvalue weighted by atomic mass is 9.95. The van der Waals surface area contributed by atoms with Crippen LogP contribution in [0.15, 0.2) is 72.3 Å². The van der Waals surface area contributed by atoms with Gasteiger partial charge in [0.1, 0.15) is 23.0 Å². The minimum absolute atomic E-state index is 0.122. The van der Waals surface area contributed by atoms with Gasteiger partial charge >= 0.3 is 0 Å². The number of phenolic OH excluding ortho intramolecular Hbond substituents is 1. The van der Waals surface area contributed by atoms with Gasteiger partial charge in [-0.05, 0) is 55.0 Å². The first kappa shape index (κ1) is 23.2. The zero-order valence-electron chi connectivity index (χ0n) is 18.5. The molecule has 0 radical (unpaired) electrons. The summed E-state index contributed by atoms with van der Waals surface area (Å²) >= 11 is 6.17. The molecule has 0 bridgehead atoms. The Morgan fingerprint density at radius 3 is 2.41 bits per heavy atom. The van der Waals surface area contributed by atoms with Crippen LogP contribution in [-0.4, -0.2) is 35.6 Å². The van der Waals surface area contributed by atoms with Crippen LogP contribution in [0.4, 0.5) is 5.69 Å². The summed E-state index contributed by atoms with van der Waals surface area (Å²) in [6.45, 7) is 2.15. The molecule has 1 saturated heterocycles. The second-order valence-electron chi connectivity index (χ2n) is 7.51. The van der Waals surface area contributed by atoms with Crippen LogP contribution in [0, 0.1) is 0 Å². The number of phenols is 1. The maximum absolute atomic E-state index is 13.2. The Morgan fingerprint density at radius 2 is 1.76 bits per heavy atom. The van der Waals surface area contributed by atoms with Gasteiger partial charge in [0.05, 0.1) is 36.0 Å². The number of ketones is 1. The molecule has 34 heavy (non-hydrogen) atoms. The number of aromatic hydroxyl groups is 1. The highest BCUT2D eigenvalue weighted by molar-refractivity contribution is 6.52. The second-order valence-corrected chi connectivity index (χ2v) is 7.92. The normalized spacial score (nSPS) is 17.1. The lowest BCUT2D eigenvalue weighted by Crippen LogP contribution is -2.29. The quantitative estimate of drug-likeness (QED) is 0.291. The molecule has 1 unspecified atom stereocenters. The van der Waals surface area contributed by atoms with Gasteiger partial charge in [-0.3, -0.25) is 14.5 Å². The summed E-state index contributed by atoms with van der Waals surface area (Å²) in [7, 11) is 1.53. The van der Waals surface area contributed by atoms with E-state index in [-0.39, 0.29) is 28.3 Å². The molecule has 1 aliphatic rings. The van der Waals surface area contributed by atoms with E-state index in [1.165, 1.54) is 30.2 Å². The predicted octanol–water partition coefficient (Wildman–Crippen LogP) is 5.08. The van der Waals surface area contributed by atoms with E-state index < -0.39 is 17.7 Å². The molecule has 7 nitrogen and oxygen atoms in total. The van der Waals surface area contributed by atoms with Crippen molar-refractivity contribution in [3.05, 3.63) is 88.5 Å². The number of rotatable bonds is 6. The minimum atomic E-state index is -0.995. The van der Waals surface area contributed by atoms with Crippen molar-refractivity contribution in [1.29, 1.82) is 0 Å². The monoisotopic (exact) mass is 479 g/mol. The van der Waals surface area contributed by atoms with Gasteiger partial charge in [-0.25, -0.2) is 0 Å². The first-order valence-electron chi connectivity index (χ1n) is 10.5. The SMILES string of the molecule is CCOc1cc(/C(O)=C2/C(=O)C(=O)N(c3ccccc3O)C2c2ccc(OC)cc2)ccc1Cl. The van der Waals surface area contributed by atoms with E-state index in [0.29, 0.717) is 28.7 Å². The molecule has 1 fully saturated rings. The van der Waals surface area contributed by atoms with Crippen LogP contribution in [0.25, 0.3) is 5.76 Å². The number of carbonyl (C=O) groups excluding carboxylic acids is 2. The topological polar surface area (TPSA) is 96.3 Å². The van der Waals surface area contributed by atoms with Gasteiger partial charge in [-0.2, -0.15) is 0 Å². The molecule has 1 atom stereocenters. The number of nitrogens with zero attached hydrogens (tertiary/aromatic N) is 1. The first-order chi connectivity index (χ1) is 16.4. The number of Topliss-reactive ketones (excluding diaryl/α,β-unsaturated/α-hetero) is 1. The molecular weight excluding hydrogens is 458 g/mol. The number of anilines is 1. The number of para-hydroxylation sites is 2. The molecule has 174 valence electrons. The lowest BCUT2D eigenvalue weighted by molar-refractivity contribution is -0.132. The smallest absolute Gasteiger partial charge is 0.300 e. The van der Waals surface area contributed by atoms with Crippen LogP contribution in [-0.2, 0) is 9.59 Å². The minimum Gasteiger partial charge on any atom is -0.507 e. The highest BCUT2D eigenvalue weighted by Gasteiger charge is 2.47. The molecule has 3 aromatic rings. The number of ether oxygens (including phenoxy) is 2. The number of halogens is 1. The lowest BCUT2D eigenvalue weighted by Gasteiger charge is -2.26. The molecule has 0 saturated carbocycles. The van der Waals surface area contributed by atoms with Crippen molar-refractivity contribution >= 4 is 34.7 Å². The summed E-state index contributed by atoms with van der Waals surface area (Å²) in [4.78, 5) is 27.6. The van der Waals surface area contributed by atoms with Crippen molar-refractivity contribution in [2.45, 2.75) is 13.0 Å².